The Labute approximate surface area is 149 Å². The monoisotopic (exact) mass is 362 g/mol. The molecule has 1 aromatic heterocycles. The molecule has 8 heteroatoms. The smallest absolute Gasteiger partial charge is 0.145 e. The second-order valence-corrected chi connectivity index (χ2v) is 5.81. The van der Waals surface area contributed by atoms with Crippen molar-refractivity contribution in [1.29, 1.82) is 0 Å². The van der Waals surface area contributed by atoms with Gasteiger partial charge in [-0.3, -0.25) is 0 Å². The van der Waals surface area contributed by atoms with E-state index in [1.54, 1.807) is 19.1 Å². The first kappa shape index (κ1) is 18.7. The van der Waals surface area contributed by atoms with Crippen LogP contribution in [0.4, 0.5) is 4.39 Å². The predicted molar refractivity (Wildman–Crippen MR) is 93.9 cm³/mol. The Bertz CT molecular complexity index is 868. The number of pyridine rings is 1. The first-order valence-electron chi connectivity index (χ1n) is 7.23. The third-order valence-corrected chi connectivity index (χ3v) is 4.05. The molecule has 0 saturated carbocycles. The second-order valence-electron chi connectivity index (χ2n) is 5.41. The molecule has 0 aliphatic rings. The number of halogens is 2. The van der Waals surface area contributed by atoms with Gasteiger partial charge in [0.1, 0.15) is 22.9 Å². The zero-order valence-corrected chi connectivity index (χ0v) is 14.5. The highest BCUT2D eigenvalue weighted by Gasteiger charge is 2.32. The normalized spacial score (nSPS) is 12.8. The molecule has 2 aromatic rings. The average Bonchev–Trinajstić information content (AvgIpc) is 2.61. The van der Waals surface area contributed by atoms with Gasteiger partial charge in [-0.1, -0.05) is 23.3 Å². The third-order valence-electron chi connectivity index (χ3n) is 3.76. The maximum Gasteiger partial charge on any atom is 0.145 e. The van der Waals surface area contributed by atoms with Gasteiger partial charge < -0.3 is 9.84 Å². The van der Waals surface area contributed by atoms with Crippen LogP contribution in [-0.2, 0) is 5.60 Å². The summed E-state index contributed by atoms with van der Waals surface area (Å²) in [5.74, 6) is -0.137. The van der Waals surface area contributed by atoms with Gasteiger partial charge in [0.05, 0.1) is 24.4 Å². The summed E-state index contributed by atoms with van der Waals surface area (Å²) < 4.78 is 18.7. The number of methoxy groups -OCH3 is 1. The molecular formula is C17H16ClFN4O2. The number of ether oxygens (including phenoxy) is 1. The van der Waals surface area contributed by atoms with E-state index in [0.717, 1.165) is 0 Å². The molecule has 1 N–H and O–H groups in total. The third kappa shape index (κ3) is 3.74. The molecule has 25 heavy (non-hydrogen) atoms. The Morgan fingerprint density at radius 1 is 1.48 bits per heavy atom. The summed E-state index contributed by atoms with van der Waals surface area (Å²) in [5, 5.41) is 14.3. The summed E-state index contributed by atoms with van der Waals surface area (Å²) >= 11 is 5.85. The average molecular weight is 363 g/mol. The number of rotatable bonds is 6. The van der Waals surface area contributed by atoms with Crippen LogP contribution in [0.15, 0.2) is 47.6 Å². The molecule has 0 spiro atoms. The van der Waals surface area contributed by atoms with Crippen LogP contribution in [0.25, 0.3) is 21.7 Å². The molecule has 0 aliphatic carbocycles. The lowest BCUT2D eigenvalue weighted by atomic mass is 9.91. The Kier molecular flexibility index (Phi) is 5.64. The molecule has 1 aromatic carbocycles. The Hall–Kier alpha value is -2.60. The molecule has 0 aliphatic heterocycles. The van der Waals surface area contributed by atoms with Crippen molar-refractivity contribution in [3.05, 3.63) is 69.5 Å². The van der Waals surface area contributed by atoms with Crippen LogP contribution in [0.2, 0.25) is 5.02 Å². The van der Waals surface area contributed by atoms with Crippen LogP contribution in [0.5, 0.6) is 5.75 Å². The lowest BCUT2D eigenvalue weighted by Gasteiger charge is -2.27. The van der Waals surface area contributed by atoms with Crippen LogP contribution in [0.3, 0.4) is 0 Å². The SMILES string of the molecule is C=C(C)C(O)(CN=[N+]=[N-])c1ccc(OC)c(-c2ccc(F)c(Cl)c2)n1. The van der Waals surface area contributed by atoms with Crippen molar-refractivity contribution in [1.82, 2.24) is 4.98 Å². The van der Waals surface area contributed by atoms with Gasteiger partial charge in [-0.15, -0.1) is 0 Å². The van der Waals surface area contributed by atoms with Gasteiger partial charge >= 0.3 is 0 Å². The molecule has 0 radical (unpaired) electrons. The molecule has 130 valence electrons. The molecule has 0 fully saturated rings. The summed E-state index contributed by atoms with van der Waals surface area (Å²) in [6, 6.07) is 7.30. The van der Waals surface area contributed by atoms with E-state index < -0.39 is 11.4 Å². The van der Waals surface area contributed by atoms with Crippen molar-refractivity contribution in [2.45, 2.75) is 12.5 Å². The van der Waals surface area contributed by atoms with Gasteiger partial charge in [-0.2, -0.15) is 0 Å². The highest BCUT2D eigenvalue weighted by Crippen LogP contribution is 2.35. The minimum Gasteiger partial charge on any atom is -0.494 e. The second kappa shape index (κ2) is 7.53. The molecule has 1 heterocycles. The lowest BCUT2D eigenvalue weighted by molar-refractivity contribution is 0.0816. The number of hydrogen-bond acceptors (Lipinski definition) is 4. The zero-order chi connectivity index (χ0) is 18.6. The molecule has 0 bridgehead atoms. The zero-order valence-electron chi connectivity index (χ0n) is 13.7. The van der Waals surface area contributed by atoms with Gasteiger partial charge in [-0.25, -0.2) is 9.37 Å². The van der Waals surface area contributed by atoms with Crippen molar-refractivity contribution in [3.63, 3.8) is 0 Å². The summed E-state index contributed by atoms with van der Waals surface area (Å²) in [4.78, 5) is 7.11. The Balaban J connectivity index is 2.64. The fraction of sp³-hybridized carbons (Fsp3) is 0.235. The maximum atomic E-state index is 13.4. The van der Waals surface area contributed by atoms with Crippen LogP contribution in [0.1, 0.15) is 12.6 Å². The Morgan fingerprint density at radius 2 is 2.20 bits per heavy atom. The van der Waals surface area contributed by atoms with Crippen LogP contribution in [0, 0.1) is 5.82 Å². The maximum absolute atomic E-state index is 13.4. The number of aromatic nitrogens is 1. The molecular weight excluding hydrogens is 347 g/mol. The number of nitrogens with zero attached hydrogens (tertiary/aromatic N) is 4. The van der Waals surface area contributed by atoms with Gasteiger partial charge in [-0.05, 0) is 48.4 Å². The summed E-state index contributed by atoms with van der Waals surface area (Å²) in [6.07, 6.45) is 0. The van der Waals surface area contributed by atoms with E-state index in [0.29, 0.717) is 22.6 Å². The Morgan fingerprint density at radius 3 is 2.76 bits per heavy atom. The first-order valence-corrected chi connectivity index (χ1v) is 7.61. The van der Waals surface area contributed by atoms with Crippen LogP contribution in [-0.4, -0.2) is 23.7 Å². The highest BCUT2D eigenvalue weighted by atomic mass is 35.5. The number of hydrogen-bond donors (Lipinski definition) is 1. The van der Waals surface area contributed by atoms with Crippen molar-refractivity contribution in [2.75, 3.05) is 13.7 Å². The van der Waals surface area contributed by atoms with Crippen LogP contribution >= 0.6 is 11.6 Å². The number of azide groups is 1. The van der Waals surface area contributed by atoms with E-state index in [4.69, 9.17) is 21.9 Å². The van der Waals surface area contributed by atoms with Crippen LogP contribution < -0.4 is 4.74 Å². The van der Waals surface area contributed by atoms with E-state index in [9.17, 15) is 9.50 Å². The first-order chi connectivity index (χ1) is 11.8. The highest BCUT2D eigenvalue weighted by molar-refractivity contribution is 6.31. The van der Waals surface area contributed by atoms with Crippen molar-refractivity contribution >= 4 is 11.6 Å². The largest absolute Gasteiger partial charge is 0.494 e. The minimum atomic E-state index is -1.64. The van der Waals surface area contributed by atoms with Crippen molar-refractivity contribution in [2.24, 2.45) is 5.11 Å². The minimum absolute atomic E-state index is 0.0593. The van der Waals surface area contributed by atoms with E-state index in [-0.39, 0.29) is 17.3 Å². The molecule has 6 nitrogen and oxygen atoms in total. The molecule has 1 unspecified atom stereocenters. The van der Waals surface area contributed by atoms with E-state index in [1.165, 1.54) is 25.3 Å². The summed E-state index contributed by atoms with van der Waals surface area (Å²) in [6.45, 7) is 5.09. The van der Waals surface area contributed by atoms with Crippen molar-refractivity contribution < 1.29 is 14.2 Å². The number of aliphatic hydroxyl groups is 1. The van der Waals surface area contributed by atoms with Gasteiger partial charge in [0.15, 0.2) is 0 Å². The predicted octanol–water partition coefficient (Wildman–Crippen LogP) is 4.62. The van der Waals surface area contributed by atoms with E-state index in [2.05, 4.69) is 21.6 Å². The molecule has 1 atom stereocenters. The standard InChI is InChI=1S/C17H16ClFN4O2/c1-10(2)17(24,9-21-23-20)15-7-6-14(25-3)16(22-15)11-4-5-13(19)12(18)8-11/h4-8,24H,1,9H2,2-3H3. The van der Waals surface area contributed by atoms with Gasteiger partial charge in [0.2, 0.25) is 0 Å². The van der Waals surface area contributed by atoms with E-state index >= 15 is 0 Å². The molecule has 0 amide bonds. The van der Waals surface area contributed by atoms with Gasteiger partial charge in [0.25, 0.3) is 0 Å². The lowest BCUT2D eigenvalue weighted by Crippen LogP contribution is -2.31. The summed E-state index contributed by atoms with van der Waals surface area (Å²) in [5.41, 5.74) is 8.38. The fourth-order valence-electron chi connectivity index (χ4n) is 2.26. The van der Waals surface area contributed by atoms with Gasteiger partial charge in [0, 0.05) is 10.5 Å². The molecule has 0 saturated heterocycles. The quantitative estimate of drug-likeness (QED) is 0.351. The van der Waals surface area contributed by atoms with Crippen molar-refractivity contribution in [3.8, 4) is 17.0 Å². The number of benzene rings is 1. The topological polar surface area (TPSA) is 91.1 Å². The summed E-state index contributed by atoms with van der Waals surface area (Å²) in [7, 11) is 1.47. The molecule has 2 rings (SSSR count). The fourth-order valence-corrected chi connectivity index (χ4v) is 2.44. The van der Waals surface area contributed by atoms with E-state index in [1.807, 2.05) is 0 Å².